The van der Waals surface area contributed by atoms with Crippen LogP contribution in [0.2, 0.25) is 5.02 Å². The number of ether oxygens (including phenoxy) is 1. The van der Waals surface area contributed by atoms with Crippen LogP contribution in [-0.2, 0) is 19.7 Å². The molecule has 0 saturated heterocycles. The van der Waals surface area contributed by atoms with Crippen molar-refractivity contribution in [1.82, 2.24) is 5.32 Å². The molecular formula is C16H21ClN2O3. The van der Waals surface area contributed by atoms with Gasteiger partial charge in [0.15, 0.2) is 0 Å². The Kier molecular flexibility index (Phi) is 5.08. The lowest BCUT2D eigenvalue weighted by molar-refractivity contribution is -0.125. The molecule has 2 rings (SSSR count). The number of hydrogen-bond donors (Lipinski definition) is 1. The maximum absolute atomic E-state index is 12.6. The average molecular weight is 325 g/mol. The molecule has 2 amide bonds. The Balaban J connectivity index is 2.09. The fourth-order valence-corrected chi connectivity index (χ4v) is 2.78. The number of nitrogens with zero attached hydrogens (tertiary/aromatic N) is 1. The van der Waals surface area contributed by atoms with Gasteiger partial charge < -0.3 is 15.0 Å². The van der Waals surface area contributed by atoms with Gasteiger partial charge in [0.1, 0.15) is 6.54 Å². The number of nitrogens with one attached hydrogen (secondary N) is 1. The number of methoxy groups -OCH3 is 1. The third-order valence-corrected chi connectivity index (χ3v) is 4.09. The molecule has 0 fully saturated rings. The molecule has 0 aromatic heterocycles. The van der Waals surface area contributed by atoms with E-state index in [1.165, 1.54) is 4.90 Å². The molecule has 0 atom stereocenters. The molecule has 1 aliphatic heterocycles. The van der Waals surface area contributed by atoms with Crippen molar-refractivity contribution in [2.45, 2.75) is 25.7 Å². The summed E-state index contributed by atoms with van der Waals surface area (Å²) in [5.41, 5.74) is 0.944. The van der Waals surface area contributed by atoms with Gasteiger partial charge in [-0.1, -0.05) is 11.6 Å². The van der Waals surface area contributed by atoms with E-state index in [1.54, 1.807) is 25.3 Å². The molecule has 0 saturated carbocycles. The third kappa shape index (κ3) is 3.25. The third-order valence-electron chi connectivity index (χ3n) is 3.85. The van der Waals surface area contributed by atoms with Crippen molar-refractivity contribution < 1.29 is 14.3 Å². The summed E-state index contributed by atoms with van der Waals surface area (Å²) >= 11 is 6.03. The summed E-state index contributed by atoms with van der Waals surface area (Å²) < 4.78 is 4.93. The molecule has 1 heterocycles. The second kappa shape index (κ2) is 6.67. The van der Waals surface area contributed by atoms with E-state index in [-0.39, 0.29) is 18.4 Å². The number of carbonyl (C=O) groups excluding carboxylic acids is 2. The van der Waals surface area contributed by atoms with Gasteiger partial charge in [-0.15, -0.1) is 0 Å². The molecule has 0 aliphatic carbocycles. The van der Waals surface area contributed by atoms with Crippen molar-refractivity contribution in [3.05, 3.63) is 28.8 Å². The first-order valence-electron chi connectivity index (χ1n) is 7.25. The smallest absolute Gasteiger partial charge is 0.240 e. The highest BCUT2D eigenvalue weighted by Gasteiger charge is 2.44. The minimum Gasteiger partial charge on any atom is -0.385 e. The SMILES string of the molecule is COCCCNC(=O)CN1C(=O)C(C)(C)c2cc(Cl)ccc21. The molecule has 6 heteroatoms. The first-order chi connectivity index (χ1) is 10.4. The summed E-state index contributed by atoms with van der Waals surface area (Å²) in [4.78, 5) is 26.1. The first-order valence-corrected chi connectivity index (χ1v) is 7.63. The Morgan fingerprint density at radius 1 is 1.41 bits per heavy atom. The number of rotatable bonds is 6. The van der Waals surface area contributed by atoms with Gasteiger partial charge in [-0.05, 0) is 44.0 Å². The number of amides is 2. The molecule has 5 nitrogen and oxygen atoms in total. The van der Waals surface area contributed by atoms with Crippen LogP contribution in [0.4, 0.5) is 5.69 Å². The Morgan fingerprint density at radius 2 is 2.14 bits per heavy atom. The molecule has 1 aromatic rings. The molecule has 22 heavy (non-hydrogen) atoms. The summed E-state index contributed by atoms with van der Waals surface area (Å²) in [6.45, 7) is 4.84. The van der Waals surface area contributed by atoms with Crippen LogP contribution in [0.5, 0.6) is 0 Å². The standard InChI is InChI=1S/C16H21ClN2O3/c1-16(2)12-9-11(17)5-6-13(12)19(15(16)21)10-14(20)18-7-4-8-22-3/h5-6,9H,4,7-8,10H2,1-3H3,(H,18,20). The zero-order chi connectivity index (χ0) is 16.3. The summed E-state index contributed by atoms with van der Waals surface area (Å²) in [6, 6.07) is 5.33. The molecule has 120 valence electrons. The second-order valence-corrected chi connectivity index (χ2v) is 6.31. The highest BCUT2D eigenvalue weighted by atomic mass is 35.5. The molecule has 0 spiro atoms. The second-order valence-electron chi connectivity index (χ2n) is 5.87. The van der Waals surface area contributed by atoms with Gasteiger partial charge >= 0.3 is 0 Å². The van der Waals surface area contributed by atoms with Gasteiger partial charge in [0, 0.05) is 31.0 Å². The fourth-order valence-electron chi connectivity index (χ4n) is 2.61. The van der Waals surface area contributed by atoms with Crippen LogP contribution >= 0.6 is 11.6 Å². The quantitative estimate of drug-likeness (QED) is 0.815. The lowest BCUT2D eigenvalue weighted by Gasteiger charge is -2.20. The van der Waals surface area contributed by atoms with E-state index >= 15 is 0 Å². The maximum Gasteiger partial charge on any atom is 0.240 e. The largest absolute Gasteiger partial charge is 0.385 e. The van der Waals surface area contributed by atoms with Crippen molar-refractivity contribution in [1.29, 1.82) is 0 Å². The van der Waals surface area contributed by atoms with Crippen LogP contribution < -0.4 is 10.2 Å². The Hall–Kier alpha value is -1.59. The Bertz CT molecular complexity index is 587. The van der Waals surface area contributed by atoms with Crippen molar-refractivity contribution in [2.75, 3.05) is 31.7 Å². The van der Waals surface area contributed by atoms with Crippen LogP contribution in [-0.4, -0.2) is 38.6 Å². The zero-order valence-electron chi connectivity index (χ0n) is 13.1. The van der Waals surface area contributed by atoms with Crippen LogP contribution in [0, 0.1) is 0 Å². The van der Waals surface area contributed by atoms with Crippen LogP contribution in [0.15, 0.2) is 18.2 Å². The van der Waals surface area contributed by atoms with E-state index in [2.05, 4.69) is 5.32 Å². The van der Waals surface area contributed by atoms with E-state index in [0.717, 1.165) is 17.7 Å². The molecule has 0 radical (unpaired) electrons. The summed E-state index contributed by atoms with van der Waals surface area (Å²) in [5.74, 6) is -0.264. The normalized spacial score (nSPS) is 15.8. The predicted octanol–water partition coefficient (Wildman–Crippen LogP) is 2.12. The molecule has 0 bridgehead atoms. The zero-order valence-corrected chi connectivity index (χ0v) is 13.9. The number of benzene rings is 1. The average Bonchev–Trinajstić information content (AvgIpc) is 2.65. The highest BCUT2D eigenvalue weighted by Crippen LogP contribution is 2.42. The summed E-state index contributed by atoms with van der Waals surface area (Å²) in [5, 5.41) is 3.38. The lowest BCUT2D eigenvalue weighted by Crippen LogP contribution is -2.43. The lowest BCUT2D eigenvalue weighted by atomic mass is 9.86. The van der Waals surface area contributed by atoms with Gasteiger partial charge in [0.2, 0.25) is 11.8 Å². The number of hydrogen-bond acceptors (Lipinski definition) is 3. The monoisotopic (exact) mass is 324 g/mol. The number of halogens is 1. The van der Waals surface area contributed by atoms with Crippen LogP contribution in [0.1, 0.15) is 25.8 Å². The number of carbonyl (C=O) groups is 2. The van der Waals surface area contributed by atoms with Gasteiger partial charge in [-0.25, -0.2) is 0 Å². The molecular weight excluding hydrogens is 304 g/mol. The minimum atomic E-state index is -0.670. The van der Waals surface area contributed by atoms with Crippen molar-refractivity contribution >= 4 is 29.1 Å². The molecule has 1 aliphatic rings. The van der Waals surface area contributed by atoms with Crippen LogP contribution in [0.3, 0.4) is 0 Å². The molecule has 1 aromatic carbocycles. The van der Waals surface area contributed by atoms with Crippen LogP contribution in [0.25, 0.3) is 0 Å². The topological polar surface area (TPSA) is 58.6 Å². The minimum absolute atomic E-state index is 0.0177. The maximum atomic E-state index is 12.6. The van der Waals surface area contributed by atoms with E-state index in [9.17, 15) is 9.59 Å². The number of anilines is 1. The van der Waals surface area contributed by atoms with Crippen molar-refractivity contribution in [3.8, 4) is 0 Å². The van der Waals surface area contributed by atoms with Crippen molar-refractivity contribution in [3.63, 3.8) is 0 Å². The van der Waals surface area contributed by atoms with E-state index in [4.69, 9.17) is 16.3 Å². The van der Waals surface area contributed by atoms with Gasteiger partial charge in [-0.2, -0.15) is 0 Å². The summed E-state index contributed by atoms with van der Waals surface area (Å²) in [6.07, 6.45) is 0.744. The Labute approximate surface area is 135 Å². The van der Waals surface area contributed by atoms with Gasteiger partial charge in [0.25, 0.3) is 0 Å². The molecule has 0 unspecified atom stereocenters. The Morgan fingerprint density at radius 3 is 2.82 bits per heavy atom. The fraction of sp³-hybridized carbons (Fsp3) is 0.500. The summed E-state index contributed by atoms with van der Waals surface area (Å²) in [7, 11) is 1.62. The molecule has 1 N–H and O–H groups in total. The van der Waals surface area contributed by atoms with E-state index in [0.29, 0.717) is 18.2 Å². The number of fused-ring (bicyclic) bond motifs is 1. The van der Waals surface area contributed by atoms with Crippen molar-refractivity contribution in [2.24, 2.45) is 0 Å². The van der Waals surface area contributed by atoms with E-state index in [1.807, 2.05) is 13.8 Å². The van der Waals surface area contributed by atoms with Gasteiger partial charge in [-0.3, -0.25) is 9.59 Å². The highest BCUT2D eigenvalue weighted by molar-refractivity contribution is 6.31. The first kappa shape index (κ1) is 16.8. The van der Waals surface area contributed by atoms with E-state index < -0.39 is 5.41 Å². The van der Waals surface area contributed by atoms with Gasteiger partial charge in [0.05, 0.1) is 5.41 Å². The predicted molar refractivity (Wildman–Crippen MR) is 86.3 cm³/mol.